The number of ether oxygens (including phenoxy) is 3. The number of carbonyl (C=O) groups is 1. The van der Waals surface area contributed by atoms with Gasteiger partial charge in [0.25, 0.3) is 5.91 Å². The Morgan fingerprint density at radius 3 is 2.48 bits per heavy atom. The predicted octanol–water partition coefficient (Wildman–Crippen LogP) is 5.88. The molecule has 0 aliphatic carbocycles. The first-order valence-corrected chi connectivity index (χ1v) is 12.3. The Kier molecular flexibility index (Phi) is 9.39. The molecule has 0 atom stereocenters. The van der Waals surface area contributed by atoms with E-state index < -0.39 is 0 Å². The van der Waals surface area contributed by atoms with Crippen molar-refractivity contribution in [3.8, 4) is 17.2 Å². The van der Waals surface area contributed by atoms with Crippen molar-refractivity contribution >= 4 is 40.3 Å². The average molecular weight is 484 g/mol. The number of amides is 1. The normalized spacial score (nSPS) is 14.6. The molecule has 2 aromatic carbocycles. The highest BCUT2D eigenvalue weighted by atomic mass is 32.2. The summed E-state index contributed by atoms with van der Waals surface area (Å²) in [5.41, 5.74) is 2.14. The first-order valence-electron chi connectivity index (χ1n) is 11.0. The third kappa shape index (κ3) is 6.85. The number of aryl methyl sites for hydroxylation is 1. The molecule has 1 aliphatic rings. The van der Waals surface area contributed by atoms with E-state index in [9.17, 15) is 4.79 Å². The topological polar surface area (TPSA) is 48.0 Å². The number of benzene rings is 2. The van der Waals surface area contributed by atoms with Gasteiger partial charge in [-0.05, 0) is 54.8 Å². The fourth-order valence-corrected chi connectivity index (χ4v) is 4.47. The van der Waals surface area contributed by atoms with Gasteiger partial charge in [0, 0.05) is 13.0 Å². The lowest BCUT2D eigenvalue weighted by atomic mass is 10.2. The van der Waals surface area contributed by atoms with Gasteiger partial charge in [0.1, 0.15) is 10.1 Å². The van der Waals surface area contributed by atoms with E-state index >= 15 is 0 Å². The lowest BCUT2D eigenvalue weighted by Crippen LogP contribution is -2.27. The molecule has 0 radical (unpaired) electrons. The maximum atomic E-state index is 12.6. The smallest absolute Gasteiger partial charge is 0.266 e. The summed E-state index contributed by atoms with van der Waals surface area (Å²) >= 11 is 6.60. The summed E-state index contributed by atoms with van der Waals surface area (Å²) in [6, 6.07) is 13.8. The van der Waals surface area contributed by atoms with Gasteiger partial charge in [-0.2, -0.15) is 0 Å². The largest absolute Gasteiger partial charge is 0.493 e. The van der Waals surface area contributed by atoms with Crippen LogP contribution in [0.2, 0.25) is 0 Å². The lowest BCUT2D eigenvalue weighted by Gasteiger charge is -2.13. The summed E-state index contributed by atoms with van der Waals surface area (Å²) in [6.45, 7) is 9.74. The molecule has 174 valence electrons. The minimum Gasteiger partial charge on any atom is -0.493 e. The zero-order valence-corrected chi connectivity index (χ0v) is 20.7. The molecule has 1 fully saturated rings. The summed E-state index contributed by atoms with van der Waals surface area (Å²) in [5.74, 6) is 2.07. The fourth-order valence-electron chi connectivity index (χ4n) is 3.19. The minimum absolute atomic E-state index is 0.104. The van der Waals surface area contributed by atoms with Crippen molar-refractivity contribution in [3.63, 3.8) is 0 Å². The van der Waals surface area contributed by atoms with Crippen molar-refractivity contribution in [2.24, 2.45) is 0 Å². The third-order valence-electron chi connectivity index (χ3n) is 4.90. The van der Waals surface area contributed by atoms with Gasteiger partial charge in [-0.25, -0.2) is 0 Å². The van der Waals surface area contributed by atoms with Gasteiger partial charge in [-0.3, -0.25) is 9.69 Å². The molecule has 5 nitrogen and oxygen atoms in total. The maximum Gasteiger partial charge on any atom is 0.266 e. The lowest BCUT2D eigenvalue weighted by molar-refractivity contribution is -0.121. The van der Waals surface area contributed by atoms with Crippen LogP contribution >= 0.6 is 24.0 Å². The number of hydrogen-bond acceptors (Lipinski definition) is 6. The molecule has 2 aromatic rings. The Hall–Kier alpha value is -2.77. The molecule has 7 heteroatoms. The van der Waals surface area contributed by atoms with E-state index in [0.717, 1.165) is 24.2 Å². The van der Waals surface area contributed by atoms with Gasteiger partial charge in [0.15, 0.2) is 11.5 Å². The van der Waals surface area contributed by atoms with Gasteiger partial charge in [0.05, 0.1) is 24.7 Å². The van der Waals surface area contributed by atoms with Crippen LogP contribution in [-0.2, 0) is 11.2 Å². The predicted molar refractivity (Wildman–Crippen MR) is 139 cm³/mol. The summed E-state index contributed by atoms with van der Waals surface area (Å²) in [7, 11) is 0. The maximum absolute atomic E-state index is 12.6. The van der Waals surface area contributed by atoms with E-state index in [0.29, 0.717) is 47.1 Å². The first-order chi connectivity index (χ1) is 16.0. The van der Waals surface area contributed by atoms with Crippen molar-refractivity contribution in [2.75, 3.05) is 26.4 Å². The molecule has 0 saturated carbocycles. The van der Waals surface area contributed by atoms with Crippen LogP contribution in [0.4, 0.5) is 0 Å². The van der Waals surface area contributed by atoms with Gasteiger partial charge in [-0.15, -0.1) is 6.58 Å². The molecule has 0 bridgehead atoms. The van der Waals surface area contributed by atoms with Gasteiger partial charge >= 0.3 is 0 Å². The van der Waals surface area contributed by atoms with Crippen LogP contribution in [0.1, 0.15) is 31.4 Å². The highest BCUT2D eigenvalue weighted by Gasteiger charge is 2.31. The standard InChI is InChI=1S/C26H29NO4S2/c1-4-14-27-25(28)24(33-26(27)32)18-20-10-13-22(23(17-20)29-6-3)31-16-7-15-30-21-11-8-19(5-2)9-12-21/h4,8-13,17-18H,1,5-7,14-16H2,2-3H3/b24-18+. The molecule has 1 saturated heterocycles. The van der Waals surface area contributed by atoms with Crippen molar-refractivity contribution in [1.29, 1.82) is 0 Å². The molecule has 33 heavy (non-hydrogen) atoms. The molecular formula is C26H29NO4S2. The van der Waals surface area contributed by atoms with Crippen LogP contribution in [0.3, 0.4) is 0 Å². The molecule has 0 spiro atoms. The van der Waals surface area contributed by atoms with E-state index in [-0.39, 0.29) is 5.91 Å². The average Bonchev–Trinajstić information content (AvgIpc) is 3.08. The zero-order chi connectivity index (χ0) is 23.6. The van der Waals surface area contributed by atoms with E-state index in [1.165, 1.54) is 17.3 Å². The third-order valence-corrected chi connectivity index (χ3v) is 6.27. The van der Waals surface area contributed by atoms with Crippen LogP contribution in [0.15, 0.2) is 60.0 Å². The van der Waals surface area contributed by atoms with Crippen LogP contribution in [0, 0.1) is 0 Å². The van der Waals surface area contributed by atoms with Crippen LogP contribution in [-0.4, -0.2) is 41.5 Å². The van der Waals surface area contributed by atoms with Gasteiger partial charge in [-0.1, -0.05) is 55.2 Å². The number of carbonyl (C=O) groups excluding carboxylic acids is 1. The molecule has 0 N–H and O–H groups in total. The molecule has 1 aliphatic heterocycles. The number of hydrogen-bond donors (Lipinski definition) is 0. The number of thioether (sulfide) groups is 1. The summed E-state index contributed by atoms with van der Waals surface area (Å²) < 4.78 is 18.0. The number of nitrogens with zero attached hydrogens (tertiary/aromatic N) is 1. The van der Waals surface area contributed by atoms with E-state index in [2.05, 4.69) is 25.6 Å². The van der Waals surface area contributed by atoms with E-state index in [1.54, 1.807) is 11.0 Å². The monoisotopic (exact) mass is 483 g/mol. The molecule has 0 unspecified atom stereocenters. The van der Waals surface area contributed by atoms with Crippen LogP contribution in [0.5, 0.6) is 17.2 Å². The molecular weight excluding hydrogens is 454 g/mol. The van der Waals surface area contributed by atoms with Crippen molar-refractivity contribution in [3.05, 3.63) is 71.2 Å². The second kappa shape index (κ2) is 12.5. The Labute approximate surface area is 205 Å². The highest BCUT2D eigenvalue weighted by Crippen LogP contribution is 2.34. The molecule has 1 heterocycles. The van der Waals surface area contributed by atoms with Gasteiger partial charge < -0.3 is 14.2 Å². The minimum atomic E-state index is -0.104. The summed E-state index contributed by atoms with van der Waals surface area (Å²) in [4.78, 5) is 14.7. The van der Waals surface area contributed by atoms with Crippen molar-refractivity contribution in [2.45, 2.75) is 26.7 Å². The fraction of sp³-hybridized carbons (Fsp3) is 0.308. The van der Waals surface area contributed by atoms with Crippen LogP contribution < -0.4 is 14.2 Å². The Morgan fingerprint density at radius 1 is 1.03 bits per heavy atom. The molecule has 0 aromatic heterocycles. The van der Waals surface area contributed by atoms with E-state index in [4.69, 9.17) is 26.4 Å². The van der Waals surface area contributed by atoms with Crippen LogP contribution in [0.25, 0.3) is 6.08 Å². The Morgan fingerprint density at radius 2 is 1.79 bits per heavy atom. The number of thiocarbonyl (C=S) groups is 1. The van der Waals surface area contributed by atoms with Crippen molar-refractivity contribution < 1.29 is 19.0 Å². The second-order valence-electron chi connectivity index (χ2n) is 7.27. The summed E-state index contributed by atoms with van der Waals surface area (Å²) in [6.07, 6.45) is 5.25. The second-order valence-corrected chi connectivity index (χ2v) is 8.94. The zero-order valence-electron chi connectivity index (χ0n) is 19.0. The Balaban J connectivity index is 1.57. The summed E-state index contributed by atoms with van der Waals surface area (Å²) in [5, 5.41) is 0. The van der Waals surface area contributed by atoms with Crippen molar-refractivity contribution in [1.82, 2.24) is 4.90 Å². The quantitative estimate of drug-likeness (QED) is 0.163. The molecule has 3 rings (SSSR count). The van der Waals surface area contributed by atoms with E-state index in [1.807, 2.05) is 43.3 Å². The SMILES string of the molecule is C=CCN1C(=O)/C(=C\c2ccc(OCCCOc3ccc(CC)cc3)c(OCC)c2)SC1=S. The molecule has 1 amide bonds. The Bertz CT molecular complexity index is 1020. The number of rotatable bonds is 12. The first kappa shape index (κ1) is 24.9. The van der Waals surface area contributed by atoms with Gasteiger partial charge in [0.2, 0.25) is 0 Å². The highest BCUT2D eigenvalue weighted by molar-refractivity contribution is 8.26.